The second-order valence-electron chi connectivity index (χ2n) is 5.75. The second-order valence-corrected chi connectivity index (χ2v) is 5.75. The molecule has 1 aliphatic heterocycles. The van der Waals surface area contributed by atoms with E-state index < -0.39 is 0 Å². The van der Waals surface area contributed by atoms with Crippen molar-refractivity contribution in [3.8, 4) is 0 Å². The van der Waals surface area contributed by atoms with Gasteiger partial charge in [0.25, 0.3) is 0 Å². The summed E-state index contributed by atoms with van der Waals surface area (Å²) in [6.07, 6.45) is 2.94. The average Bonchev–Trinajstić information content (AvgIpc) is 3.16. The molecule has 1 saturated carbocycles. The molecule has 2 aliphatic rings. The van der Waals surface area contributed by atoms with Gasteiger partial charge in [-0.15, -0.1) is 0 Å². The number of nitrogens with one attached hydrogen (secondary N) is 1. The Morgan fingerprint density at radius 2 is 1.83 bits per heavy atom. The first-order valence-corrected chi connectivity index (χ1v) is 7.48. The van der Waals surface area contributed by atoms with Gasteiger partial charge in [0.15, 0.2) is 0 Å². The van der Waals surface area contributed by atoms with Gasteiger partial charge in [-0.25, -0.2) is 0 Å². The molecule has 1 unspecified atom stereocenters. The minimum atomic E-state index is 0.481. The minimum absolute atomic E-state index is 0.481. The van der Waals surface area contributed by atoms with Crippen molar-refractivity contribution in [3.63, 3.8) is 0 Å². The van der Waals surface area contributed by atoms with Crippen LogP contribution in [0.1, 0.15) is 19.8 Å². The fourth-order valence-corrected chi connectivity index (χ4v) is 2.80. The van der Waals surface area contributed by atoms with Crippen LogP contribution in [0.25, 0.3) is 0 Å². The molecule has 1 saturated heterocycles. The lowest BCUT2D eigenvalue weighted by Crippen LogP contribution is -2.52. The summed E-state index contributed by atoms with van der Waals surface area (Å²) in [6, 6.07) is 0.481. The van der Waals surface area contributed by atoms with Crippen molar-refractivity contribution in [2.45, 2.75) is 25.8 Å². The highest BCUT2D eigenvalue weighted by atomic mass is 16.5. The third-order valence-electron chi connectivity index (χ3n) is 4.02. The molecule has 4 heteroatoms. The van der Waals surface area contributed by atoms with Gasteiger partial charge in [0.05, 0.1) is 6.61 Å². The Balaban J connectivity index is 1.64. The van der Waals surface area contributed by atoms with Crippen molar-refractivity contribution in [3.05, 3.63) is 0 Å². The van der Waals surface area contributed by atoms with Gasteiger partial charge in [-0.1, -0.05) is 6.92 Å². The van der Waals surface area contributed by atoms with Crippen LogP contribution in [0.5, 0.6) is 0 Å². The smallest absolute Gasteiger partial charge is 0.0628 e. The van der Waals surface area contributed by atoms with Crippen LogP contribution in [0.15, 0.2) is 0 Å². The van der Waals surface area contributed by atoms with E-state index >= 15 is 0 Å². The van der Waals surface area contributed by atoms with E-state index in [4.69, 9.17) is 4.74 Å². The Labute approximate surface area is 112 Å². The van der Waals surface area contributed by atoms with Gasteiger partial charge in [0, 0.05) is 52.4 Å². The molecule has 4 nitrogen and oxygen atoms in total. The maximum absolute atomic E-state index is 5.28. The third-order valence-corrected chi connectivity index (χ3v) is 4.02. The first-order valence-electron chi connectivity index (χ1n) is 7.48. The quantitative estimate of drug-likeness (QED) is 0.689. The molecule has 1 atom stereocenters. The van der Waals surface area contributed by atoms with Gasteiger partial charge in [0.2, 0.25) is 0 Å². The number of hydrogen-bond acceptors (Lipinski definition) is 4. The first-order chi connectivity index (χ1) is 8.81. The topological polar surface area (TPSA) is 27.7 Å². The zero-order valence-corrected chi connectivity index (χ0v) is 12.0. The summed E-state index contributed by atoms with van der Waals surface area (Å²) in [4.78, 5) is 5.22. The predicted octanol–water partition coefficient (Wildman–Crippen LogP) is 0.639. The van der Waals surface area contributed by atoms with Gasteiger partial charge in [-0.2, -0.15) is 0 Å². The highest BCUT2D eigenvalue weighted by Crippen LogP contribution is 2.29. The molecular weight excluding hydrogens is 226 g/mol. The third kappa shape index (κ3) is 4.84. The van der Waals surface area contributed by atoms with Crippen molar-refractivity contribution in [2.24, 2.45) is 5.92 Å². The predicted molar refractivity (Wildman–Crippen MR) is 74.9 cm³/mol. The molecule has 0 spiro atoms. The van der Waals surface area contributed by atoms with E-state index in [2.05, 4.69) is 22.0 Å². The van der Waals surface area contributed by atoms with E-state index in [9.17, 15) is 0 Å². The Morgan fingerprint density at radius 3 is 2.39 bits per heavy atom. The average molecular weight is 255 g/mol. The summed E-state index contributed by atoms with van der Waals surface area (Å²) in [5.41, 5.74) is 0. The van der Waals surface area contributed by atoms with Crippen molar-refractivity contribution in [2.75, 3.05) is 59.5 Å². The molecule has 0 amide bonds. The monoisotopic (exact) mass is 255 g/mol. The lowest BCUT2D eigenvalue weighted by Gasteiger charge is -2.36. The van der Waals surface area contributed by atoms with E-state index in [1.807, 2.05) is 0 Å². The molecule has 1 aliphatic carbocycles. The lowest BCUT2D eigenvalue weighted by atomic mass is 10.2. The molecule has 1 heterocycles. The number of methoxy groups -OCH3 is 1. The number of likely N-dealkylation sites (N-methyl/N-ethyl adjacent to an activating group) is 1. The molecule has 1 N–H and O–H groups in total. The Bertz CT molecular complexity index is 219. The Kier molecular flexibility index (Phi) is 5.89. The molecule has 0 aromatic rings. The fraction of sp³-hybridized carbons (Fsp3) is 1.00. The molecule has 106 valence electrons. The van der Waals surface area contributed by atoms with Crippen LogP contribution in [-0.2, 0) is 4.74 Å². The molecule has 0 aromatic carbocycles. The van der Waals surface area contributed by atoms with E-state index in [0.717, 1.165) is 25.6 Å². The lowest BCUT2D eigenvalue weighted by molar-refractivity contribution is 0.0964. The highest BCUT2D eigenvalue weighted by Gasteiger charge is 2.26. The number of rotatable bonds is 8. The van der Waals surface area contributed by atoms with Gasteiger partial charge in [0.1, 0.15) is 0 Å². The minimum Gasteiger partial charge on any atom is -0.383 e. The van der Waals surface area contributed by atoms with Crippen molar-refractivity contribution in [1.82, 2.24) is 15.1 Å². The van der Waals surface area contributed by atoms with Gasteiger partial charge in [-0.05, 0) is 25.3 Å². The maximum atomic E-state index is 5.28. The van der Waals surface area contributed by atoms with Crippen LogP contribution >= 0.6 is 0 Å². The molecule has 2 rings (SSSR count). The Morgan fingerprint density at radius 1 is 1.17 bits per heavy atom. The van der Waals surface area contributed by atoms with Crippen LogP contribution in [0.2, 0.25) is 0 Å². The van der Waals surface area contributed by atoms with Crippen molar-refractivity contribution >= 4 is 0 Å². The summed E-state index contributed by atoms with van der Waals surface area (Å²) in [5.74, 6) is 1.03. The first kappa shape index (κ1) is 14.3. The van der Waals surface area contributed by atoms with Crippen LogP contribution in [0.3, 0.4) is 0 Å². The summed E-state index contributed by atoms with van der Waals surface area (Å²) in [5, 5.41) is 3.50. The SMILES string of the molecule is CCNC(COC)CN1CCN(CC2CC2)CC1. The van der Waals surface area contributed by atoms with Gasteiger partial charge in [-0.3, -0.25) is 4.90 Å². The largest absolute Gasteiger partial charge is 0.383 e. The highest BCUT2D eigenvalue weighted by molar-refractivity contribution is 4.82. The zero-order chi connectivity index (χ0) is 12.8. The van der Waals surface area contributed by atoms with Crippen LogP contribution in [-0.4, -0.2) is 75.4 Å². The number of nitrogens with zero attached hydrogens (tertiary/aromatic N) is 2. The summed E-state index contributed by atoms with van der Waals surface area (Å²) in [7, 11) is 1.79. The van der Waals surface area contributed by atoms with Crippen LogP contribution in [0.4, 0.5) is 0 Å². The standard InChI is InChI=1S/C14H29N3O/c1-3-15-14(12-18-2)11-17-8-6-16(7-9-17)10-13-4-5-13/h13-15H,3-12H2,1-2H3. The van der Waals surface area contributed by atoms with Gasteiger partial charge < -0.3 is 15.0 Å². The number of ether oxygens (including phenoxy) is 1. The fourth-order valence-electron chi connectivity index (χ4n) is 2.80. The number of hydrogen-bond donors (Lipinski definition) is 1. The van der Waals surface area contributed by atoms with Crippen LogP contribution in [0, 0.1) is 5.92 Å². The van der Waals surface area contributed by atoms with E-state index in [-0.39, 0.29) is 0 Å². The maximum Gasteiger partial charge on any atom is 0.0628 e. The van der Waals surface area contributed by atoms with Crippen molar-refractivity contribution < 1.29 is 4.74 Å². The Hall–Kier alpha value is -0.160. The molecule has 0 aromatic heterocycles. The normalized spacial score (nSPS) is 24.3. The summed E-state index contributed by atoms with van der Waals surface area (Å²) < 4.78 is 5.28. The second kappa shape index (κ2) is 7.43. The summed E-state index contributed by atoms with van der Waals surface area (Å²) in [6.45, 7) is 11.4. The molecule has 18 heavy (non-hydrogen) atoms. The number of piperazine rings is 1. The molecule has 0 radical (unpaired) electrons. The van der Waals surface area contributed by atoms with E-state index in [1.165, 1.54) is 45.6 Å². The van der Waals surface area contributed by atoms with Crippen LogP contribution < -0.4 is 5.32 Å². The van der Waals surface area contributed by atoms with E-state index in [0.29, 0.717) is 6.04 Å². The molecule has 0 bridgehead atoms. The van der Waals surface area contributed by atoms with E-state index in [1.54, 1.807) is 7.11 Å². The van der Waals surface area contributed by atoms with Gasteiger partial charge >= 0.3 is 0 Å². The van der Waals surface area contributed by atoms with Crippen molar-refractivity contribution in [1.29, 1.82) is 0 Å². The molecule has 2 fully saturated rings. The summed E-state index contributed by atoms with van der Waals surface area (Å²) >= 11 is 0. The zero-order valence-electron chi connectivity index (χ0n) is 12.0. The molecular formula is C14H29N3O.